The van der Waals surface area contributed by atoms with E-state index in [1.54, 1.807) is 0 Å². The molecule has 0 amide bonds. The van der Waals surface area contributed by atoms with Crippen molar-refractivity contribution in [1.29, 1.82) is 0 Å². The molecule has 0 aliphatic rings. The topological polar surface area (TPSA) is 50.7 Å². The summed E-state index contributed by atoms with van der Waals surface area (Å²) in [5.74, 6) is 0. The molecule has 4 nitrogen and oxygen atoms in total. The number of unbranched alkanes of at least 4 members (excludes halogenated alkanes) is 5. The Morgan fingerprint density at radius 2 is 1.45 bits per heavy atom. The molecule has 0 radical (unpaired) electrons. The number of hydrogen-bond donors (Lipinski definition) is 2. The third-order valence-electron chi connectivity index (χ3n) is 3.25. The van der Waals surface area contributed by atoms with Gasteiger partial charge >= 0.3 is 0 Å². The zero-order valence-corrected chi connectivity index (χ0v) is 13.7. The van der Waals surface area contributed by atoms with Crippen LogP contribution in [0.15, 0.2) is 0 Å². The highest BCUT2D eigenvalue weighted by molar-refractivity contribution is 4.51. The van der Waals surface area contributed by atoms with Crippen molar-refractivity contribution in [2.24, 2.45) is 0 Å². The second-order valence-corrected chi connectivity index (χ2v) is 5.38. The van der Waals surface area contributed by atoms with E-state index in [1.807, 2.05) is 0 Å². The van der Waals surface area contributed by atoms with Gasteiger partial charge in [0.05, 0.1) is 0 Å². The van der Waals surface area contributed by atoms with Gasteiger partial charge in [-0.1, -0.05) is 52.9 Å². The van der Waals surface area contributed by atoms with E-state index >= 15 is 0 Å². The van der Waals surface area contributed by atoms with Crippen LogP contribution in [-0.2, 0) is 9.57 Å². The fraction of sp³-hybridized carbons (Fsp3) is 1.00. The van der Waals surface area contributed by atoms with Gasteiger partial charge in [-0.15, -0.1) is 0 Å². The molecule has 4 heteroatoms. The van der Waals surface area contributed by atoms with Crippen LogP contribution in [0.4, 0.5) is 0 Å². The molecule has 0 aliphatic carbocycles. The van der Waals surface area contributed by atoms with Crippen molar-refractivity contribution in [3.8, 4) is 0 Å². The van der Waals surface area contributed by atoms with E-state index in [0.717, 1.165) is 51.5 Å². The lowest BCUT2D eigenvalue weighted by molar-refractivity contribution is -0.253. The fourth-order valence-electron chi connectivity index (χ4n) is 1.93. The Kier molecular flexibility index (Phi) is 15.1. The summed E-state index contributed by atoms with van der Waals surface area (Å²) in [7, 11) is 0. The zero-order chi connectivity index (χ0) is 15.1. The van der Waals surface area contributed by atoms with Crippen LogP contribution in [0.1, 0.15) is 85.0 Å². The van der Waals surface area contributed by atoms with Crippen LogP contribution in [0.25, 0.3) is 0 Å². The van der Waals surface area contributed by atoms with Crippen molar-refractivity contribution in [2.45, 2.75) is 97.6 Å². The lowest BCUT2D eigenvalue weighted by atomic mass is 10.2. The standard InChI is InChI=1S/C16H35NO3/c1-4-7-10-12-15(18)19-16(13-11-8-5-2)20-17-14-9-6-3/h15-18H,4-14H2,1-3H3. The van der Waals surface area contributed by atoms with Gasteiger partial charge in [0.2, 0.25) is 0 Å². The lowest BCUT2D eigenvalue weighted by Gasteiger charge is -2.22. The lowest BCUT2D eigenvalue weighted by Crippen LogP contribution is -2.31. The van der Waals surface area contributed by atoms with Gasteiger partial charge < -0.3 is 9.84 Å². The molecule has 2 atom stereocenters. The zero-order valence-electron chi connectivity index (χ0n) is 13.7. The maximum Gasteiger partial charge on any atom is 0.180 e. The van der Waals surface area contributed by atoms with Gasteiger partial charge in [-0.3, -0.25) is 4.84 Å². The highest BCUT2D eigenvalue weighted by Crippen LogP contribution is 2.12. The number of hydroxylamine groups is 1. The Morgan fingerprint density at radius 1 is 0.850 bits per heavy atom. The Labute approximate surface area is 125 Å². The Balaban J connectivity index is 3.88. The number of ether oxygens (including phenoxy) is 1. The summed E-state index contributed by atoms with van der Waals surface area (Å²) in [5, 5.41) is 9.88. The Morgan fingerprint density at radius 3 is 2.05 bits per heavy atom. The number of hydrogen-bond acceptors (Lipinski definition) is 4. The molecule has 0 saturated heterocycles. The van der Waals surface area contributed by atoms with E-state index in [-0.39, 0.29) is 6.29 Å². The number of aliphatic hydroxyl groups is 1. The molecule has 0 fully saturated rings. The SMILES string of the molecule is CCCCCC(O)OC(CCCCC)ONCCCC. The van der Waals surface area contributed by atoms with Gasteiger partial charge in [-0.2, -0.15) is 5.48 Å². The van der Waals surface area contributed by atoms with Gasteiger partial charge in [0, 0.05) is 13.0 Å². The minimum Gasteiger partial charge on any atom is -0.368 e. The maximum absolute atomic E-state index is 9.88. The molecule has 0 bridgehead atoms. The number of rotatable bonds is 15. The fourth-order valence-corrected chi connectivity index (χ4v) is 1.93. The van der Waals surface area contributed by atoms with Crippen LogP contribution in [0, 0.1) is 0 Å². The molecule has 0 spiro atoms. The molecule has 2 N–H and O–H groups in total. The monoisotopic (exact) mass is 289 g/mol. The molecule has 0 rings (SSSR count). The van der Waals surface area contributed by atoms with Crippen LogP contribution in [0.2, 0.25) is 0 Å². The maximum atomic E-state index is 9.88. The van der Waals surface area contributed by atoms with Crippen molar-refractivity contribution < 1.29 is 14.7 Å². The average molecular weight is 289 g/mol. The van der Waals surface area contributed by atoms with Crippen molar-refractivity contribution in [3.05, 3.63) is 0 Å². The first-order valence-electron chi connectivity index (χ1n) is 8.46. The highest BCUT2D eigenvalue weighted by Gasteiger charge is 2.15. The minimum atomic E-state index is -0.707. The van der Waals surface area contributed by atoms with Crippen LogP contribution >= 0.6 is 0 Å². The van der Waals surface area contributed by atoms with Crippen molar-refractivity contribution >= 4 is 0 Å². The normalized spacial score (nSPS) is 14.4. The Hall–Kier alpha value is -0.160. The van der Waals surface area contributed by atoms with Crippen LogP contribution in [0.5, 0.6) is 0 Å². The van der Waals surface area contributed by atoms with E-state index in [4.69, 9.17) is 9.57 Å². The van der Waals surface area contributed by atoms with Crippen molar-refractivity contribution in [2.75, 3.05) is 6.54 Å². The molecule has 122 valence electrons. The summed E-state index contributed by atoms with van der Waals surface area (Å²) in [5.41, 5.74) is 2.95. The third-order valence-corrected chi connectivity index (χ3v) is 3.25. The second kappa shape index (κ2) is 15.2. The predicted octanol–water partition coefficient (Wildman–Crippen LogP) is 4.13. The third kappa shape index (κ3) is 12.9. The van der Waals surface area contributed by atoms with E-state index in [0.29, 0.717) is 6.42 Å². The van der Waals surface area contributed by atoms with Crippen LogP contribution in [-0.4, -0.2) is 24.2 Å². The van der Waals surface area contributed by atoms with Gasteiger partial charge in [0.25, 0.3) is 0 Å². The van der Waals surface area contributed by atoms with Gasteiger partial charge in [-0.05, 0) is 25.7 Å². The Bertz CT molecular complexity index is 191. The summed E-state index contributed by atoms with van der Waals surface area (Å²) in [6.45, 7) is 7.31. The summed E-state index contributed by atoms with van der Waals surface area (Å²) in [6, 6.07) is 0. The minimum absolute atomic E-state index is 0.338. The quantitative estimate of drug-likeness (QED) is 0.270. The molecule has 0 aliphatic heterocycles. The van der Waals surface area contributed by atoms with E-state index < -0.39 is 6.29 Å². The van der Waals surface area contributed by atoms with Gasteiger partial charge in [0.15, 0.2) is 12.6 Å². The summed E-state index contributed by atoms with van der Waals surface area (Å²) in [6.07, 6.45) is 9.40. The first kappa shape index (κ1) is 19.8. The summed E-state index contributed by atoms with van der Waals surface area (Å²) >= 11 is 0. The smallest absolute Gasteiger partial charge is 0.180 e. The average Bonchev–Trinajstić information content (AvgIpc) is 2.44. The molecule has 0 saturated carbocycles. The van der Waals surface area contributed by atoms with Gasteiger partial charge in [-0.25, -0.2) is 0 Å². The summed E-state index contributed by atoms with van der Waals surface area (Å²) < 4.78 is 5.59. The largest absolute Gasteiger partial charge is 0.368 e. The molecule has 20 heavy (non-hydrogen) atoms. The molecule has 2 unspecified atom stereocenters. The number of aliphatic hydroxyl groups excluding tert-OH is 1. The molecule has 0 aromatic rings. The molecule has 0 aromatic carbocycles. The number of nitrogens with one attached hydrogen (secondary N) is 1. The highest BCUT2D eigenvalue weighted by atomic mass is 16.8. The van der Waals surface area contributed by atoms with Gasteiger partial charge in [0.1, 0.15) is 0 Å². The predicted molar refractivity (Wildman–Crippen MR) is 83.2 cm³/mol. The molecule has 0 aromatic heterocycles. The van der Waals surface area contributed by atoms with Crippen molar-refractivity contribution in [3.63, 3.8) is 0 Å². The molecular weight excluding hydrogens is 254 g/mol. The van der Waals surface area contributed by atoms with E-state index in [2.05, 4.69) is 26.3 Å². The van der Waals surface area contributed by atoms with Crippen LogP contribution < -0.4 is 5.48 Å². The first-order valence-corrected chi connectivity index (χ1v) is 8.46. The molecule has 0 heterocycles. The first-order chi connectivity index (χ1) is 9.74. The van der Waals surface area contributed by atoms with E-state index in [1.165, 1.54) is 12.8 Å². The van der Waals surface area contributed by atoms with E-state index in [9.17, 15) is 5.11 Å². The summed E-state index contributed by atoms with van der Waals surface area (Å²) in [4.78, 5) is 5.54. The molecular formula is C16H35NO3. The van der Waals surface area contributed by atoms with Crippen LogP contribution in [0.3, 0.4) is 0 Å². The van der Waals surface area contributed by atoms with Crippen molar-refractivity contribution in [1.82, 2.24) is 5.48 Å². The second-order valence-electron chi connectivity index (χ2n) is 5.38.